The quantitative estimate of drug-likeness (QED) is 0.570. The van der Waals surface area contributed by atoms with Crippen molar-refractivity contribution in [1.29, 1.82) is 0 Å². The predicted octanol–water partition coefficient (Wildman–Crippen LogP) is 1.79. The Hall–Kier alpha value is -4.25. The number of benzene rings is 2. The molecular weight excluding hydrogens is 520 g/mol. The fraction of sp³-hybridized carbons (Fsp3) is 0.286. The molecule has 0 aromatic heterocycles. The van der Waals surface area contributed by atoms with Crippen molar-refractivity contribution in [3.63, 3.8) is 0 Å². The Morgan fingerprint density at radius 1 is 1.00 bits per heavy atom. The number of amides is 4. The summed E-state index contributed by atoms with van der Waals surface area (Å²) in [5.41, 5.74) is 3.23. The first-order chi connectivity index (χ1) is 18.7. The smallest absolute Gasteiger partial charge is 0.271 e. The van der Waals surface area contributed by atoms with Crippen LogP contribution in [0.5, 0.6) is 5.75 Å². The molecule has 39 heavy (non-hydrogen) atoms. The largest absolute Gasteiger partial charge is 0.490 e. The number of nitrogens with one attached hydrogen (secondary N) is 1. The Morgan fingerprint density at radius 3 is 2.44 bits per heavy atom. The second-order valence-corrected chi connectivity index (χ2v) is 11.1. The molecule has 202 valence electrons. The van der Waals surface area contributed by atoms with Crippen LogP contribution in [0.3, 0.4) is 0 Å². The summed E-state index contributed by atoms with van der Waals surface area (Å²) in [5, 5.41) is 2.46. The maximum atomic E-state index is 13.3. The first-order valence-electron chi connectivity index (χ1n) is 12.5. The van der Waals surface area contributed by atoms with Gasteiger partial charge in [0.15, 0.2) is 0 Å². The van der Waals surface area contributed by atoms with Crippen molar-refractivity contribution >= 4 is 40.1 Å². The highest BCUT2D eigenvalue weighted by atomic mass is 32.2. The number of rotatable bonds is 5. The highest BCUT2D eigenvalue weighted by Gasteiger charge is 2.34. The normalized spacial score (nSPS) is 16.7. The van der Waals surface area contributed by atoms with Crippen molar-refractivity contribution in [2.24, 2.45) is 0 Å². The molecule has 2 aromatic rings. The lowest BCUT2D eigenvalue weighted by Gasteiger charge is -2.29. The van der Waals surface area contributed by atoms with Crippen LogP contribution >= 0.6 is 0 Å². The van der Waals surface area contributed by atoms with E-state index in [9.17, 15) is 23.4 Å². The van der Waals surface area contributed by atoms with Gasteiger partial charge in [0.25, 0.3) is 17.7 Å². The molecule has 5 rings (SSSR count). The molecule has 1 N–H and O–H groups in total. The summed E-state index contributed by atoms with van der Waals surface area (Å²) in [4.78, 5) is 55.3. The van der Waals surface area contributed by atoms with Crippen molar-refractivity contribution in [3.05, 3.63) is 72.1 Å². The standard InChI is InChI=1S/C28H28N4O6S/c1-17(27(35)30-10-13-39(37)14-11-30)29-26(34)18(2)32-16-23-21(5-4-6-22(23)28(32)36)20-7-8-24-25(15-20)38-12-9-31(24)19(3)33/h4-8,15H,1-2,9-14,16H2,3H3,(H,29,34). The predicted molar refractivity (Wildman–Crippen MR) is 146 cm³/mol. The molecular formula is C28H28N4O6S. The van der Waals surface area contributed by atoms with E-state index in [4.69, 9.17) is 4.74 Å². The number of nitrogens with zero attached hydrogens (tertiary/aromatic N) is 3. The van der Waals surface area contributed by atoms with Crippen LogP contribution in [0.1, 0.15) is 22.8 Å². The average molecular weight is 549 g/mol. The molecule has 0 saturated carbocycles. The van der Waals surface area contributed by atoms with E-state index in [1.54, 1.807) is 17.0 Å². The number of anilines is 1. The monoisotopic (exact) mass is 548 g/mol. The molecule has 0 radical (unpaired) electrons. The average Bonchev–Trinajstić information content (AvgIpc) is 3.28. The van der Waals surface area contributed by atoms with Crippen LogP contribution in [0, 0.1) is 0 Å². The zero-order valence-electron chi connectivity index (χ0n) is 21.5. The minimum absolute atomic E-state index is 0.0670. The van der Waals surface area contributed by atoms with Gasteiger partial charge >= 0.3 is 0 Å². The number of ether oxygens (including phenoxy) is 1. The second kappa shape index (κ2) is 10.5. The maximum Gasteiger partial charge on any atom is 0.271 e. The van der Waals surface area contributed by atoms with Gasteiger partial charge in [-0.1, -0.05) is 31.4 Å². The van der Waals surface area contributed by atoms with Crippen LogP contribution in [0.4, 0.5) is 5.69 Å². The van der Waals surface area contributed by atoms with Crippen LogP contribution in [-0.4, -0.2) is 75.4 Å². The molecule has 0 bridgehead atoms. The van der Waals surface area contributed by atoms with Crippen molar-refractivity contribution < 1.29 is 28.1 Å². The molecule has 10 nitrogen and oxygen atoms in total. The molecule has 0 atom stereocenters. The van der Waals surface area contributed by atoms with E-state index in [2.05, 4.69) is 18.5 Å². The van der Waals surface area contributed by atoms with E-state index in [-0.39, 0.29) is 29.8 Å². The van der Waals surface area contributed by atoms with E-state index >= 15 is 0 Å². The van der Waals surface area contributed by atoms with Crippen molar-refractivity contribution in [2.75, 3.05) is 42.6 Å². The van der Waals surface area contributed by atoms with Gasteiger partial charge in [-0.2, -0.15) is 0 Å². The summed E-state index contributed by atoms with van der Waals surface area (Å²) in [5.74, 6) is -0.254. The molecule has 0 unspecified atom stereocenters. The lowest BCUT2D eigenvalue weighted by molar-refractivity contribution is -0.129. The first-order valence-corrected chi connectivity index (χ1v) is 14.0. The minimum Gasteiger partial charge on any atom is -0.490 e. The molecule has 2 aromatic carbocycles. The lowest BCUT2D eigenvalue weighted by Crippen LogP contribution is -2.45. The van der Waals surface area contributed by atoms with Crippen LogP contribution in [0.25, 0.3) is 11.1 Å². The summed E-state index contributed by atoms with van der Waals surface area (Å²) >= 11 is 0. The topological polar surface area (TPSA) is 116 Å². The highest BCUT2D eigenvalue weighted by Crippen LogP contribution is 2.39. The number of fused-ring (bicyclic) bond motifs is 2. The fourth-order valence-electron chi connectivity index (χ4n) is 4.95. The molecule has 3 aliphatic heterocycles. The van der Waals surface area contributed by atoms with Crippen molar-refractivity contribution in [2.45, 2.75) is 13.5 Å². The van der Waals surface area contributed by atoms with E-state index in [1.165, 1.54) is 16.7 Å². The van der Waals surface area contributed by atoms with E-state index in [0.29, 0.717) is 54.7 Å². The van der Waals surface area contributed by atoms with Crippen LogP contribution in [0.15, 0.2) is 61.0 Å². The Kier molecular flexibility index (Phi) is 7.09. The third kappa shape index (κ3) is 4.97. The van der Waals surface area contributed by atoms with Gasteiger partial charge in [-0.25, -0.2) is 0 Å². The Morgan fingerprint density at radius 2 is 1.72 bits per heavy atom. The third-order valence-electron chi connectivity index (χ3n) is 7.06. The molecule has 3 aliphatic rings. The lowest BCUT2D eigenvalue weighted by atomic mass is 9.96. The van der Waals surface area contributed by atoms with Gasteiger partial charge in [0, 0.05) is 47.9 Å². The molecule has 11 heteroatoms. The van der Waals surface area contributed by atoms with Crippen LogP contribution < -0.4 is 15.0 Å². The van der Waals surface area contributed by atoms with Crippen LogP contribution in [-0.2, 0) is 31.7 Å². The Bertz CT molecular complexity index is 1460. The second-order valence-electron chi connectivity index (χ2n) is 9.44. The van der Waals surface area contributed by atoms with Crippen molar-refractivity contribution in [3.8, 4) is 16.9 Å². The van der Waals surface area contributed by atoms with Gasteiger partial charge in [0.1, 0.15) is 18.1 Å². The van der Waals surface area contributed by atoms with E-state index in [1.807, 2.05) is 24.3 Å². The molecule has 3 heterocycles. The molecule has 1 fully saturated rings. The zero-order valence-corrected chi connectivity index (χ0v) is 22.3. The van der Waals surface area contributed by atoms with Gasteiger partial charge in [-0.05, 0) is 34.9 Å². The maximum absolute atomic E-state index is 13.3. The number of carbonyl (C=O) groups excluding carboxylic acids is 4. The SMILES string of the molecule is C=C(NC(=O)C(=C)N1Cc2c(cccc2-c2ccc3c(c2)OCCN3C(C)=O)C1=O)C(=O)N1CCS(=O)CC1. The first kappa shape index (κ1) is 26.4. The highest BCUT2D eigenvalue weighted by molar-refractivity contribution is 7.85. The minimum atomic E-state index is -0.946. The van der Waals surface area contributed by atoms with Gasteiger partial charge in [0.05, 0.1) is 24.5 Å². The summed E-state index contributed by atoms with van der Waals surface area (Å²) in [7, 11) is -0.946. The number of hydrogen-bond donors (Lipinski definition) is 1. The zero-order chi connectivity index (χ0) is 27.8. The van der Waals surface area contributed by atoms with Gasteiger partial charge in [-0.3, -0.25) is 28.3 Å². The summed E-state index contributed by atoms with van der Waals surface area (Å²) in [6.45, 7) is 10.6. The molecule has 1 saturated heterocycles. The van der Waals surface area contributed by atoms with Crippen molar-refractivity contribution in [1.82, 2.24) is 15.1 Å². The Labute approximate surface area is 228 Å². The summed E-state index contributed by atoms with van der Waals surface area (Å²) in [6, 6.07) is 10.9. The van der Waals surface area contributed by atoms with Gasteiger partial charge in [0.2, 0.25) is 5.91 Å². The van der Waals surface area contributed by atoms with Gasteiger partial charge < -0.3 is 19.9 Å². The summed E-state index contributed by atoms with van der Waals surface area (Å²) < 4.78 is 17.4. The number of hydrogen-bond acceptors (Lipinski definition) is 6. The Balaban J connectivity index is 1.32. The summed E-state index contributed by atoms with van der Waals surface area (Å²) in [6.07, 6.45) is 0. The van der Waals surface area contributed by atoms with E-state index in [0.717, 1.165) is 16.7 Å². The third-order valence-corrected chi connectivity index (χ3v) is 8.33. The number of carbonyl (C=O) groups is 4. The molecule has 4 amide bonds. The molecule has 0 aliphatic carbocycles. The van der Waals surface area contributed by atoms with Gasteiger partial charge in [-0.15, -0.1) is 0 Å². The van der Waals surface area contributed by atoms with E-state index < -0.39 is 22.6 Å². The molecule has 0 spiro atoms. The van der Waals surface area contributed by atoms with Crippen LogP contribution in [0.2, 0.25) is 0 Å². The fourth-order valence-corrected chi connectivity index (χ4v) is 6.01.